The van der Waals surface area contributed by atoms with Crippen LogP contribution in [0.4, 0.5) is 6.01 Å². The van der Waals surface area contributed by atoms with Crippen molar-refractivity contribution in [3.05, 3.63) is 22.4 Å². The largest absolute Gasteiger partial charge is 0.431 e. The molecule has 1 atom stereocenters. The van der Waals surface area contributed by atoms with E-state index in [1.54, 1.807) is 6.92 Å². The molecule has 2 heterocycles. The van der Waals surface area contributed by atoms with E-state index in [-0.39, 0.29) is 11.8 Å². The first-order chi connectivity index (χ1) is 7.70. The van der Waals surface area contributed by atoms with E-state index >= 15 is 0 Å². The molecule has 0 aromatic carbocycles. The summed E-state index contributed by atoms with van der Waals surface area (Å²) in [5.74, 6) is 0.00981. The number of carbonyl (C=O) groups excluding carboxylic acids is 1. The summed E-state index contributed by atoms with van der Waals surface area (Å²) < 4.78 is 5.16. The lowest BCUT2D eigenvalue weighted by Crippen LogP contribution is -2.25. The lowest BCUT2D eigenvalue weighted by atomic mass is 10.1. The number of rotatable bonds is 3. The Bertz CT molecular complexity index is 449. The molecule has 7 heteroatoms. The van der Waals surface area contributed by atoms with Crippen LogP contribution in [0, 0.1) is 12.8 Å². The van der Waals surface area contributed by atoms with Crippen molar-refractivity contribution in [3.63, 3.8) is 0 Å². The first-order valence-electron chi connectivity index (χ1n) is 4.94. The van der Waals surface area contributed by atoms with Gasteiger partial charge in [0.25, 0.3) is 0 Å². The van der Waals surface area contributed by atoms with Crippen LogP contribution in [0.3, 0.4) is 0 Å². The van der Waals surface area contributed by atoms with E-state index < -0.39 is 0 Å². The Morgan fingerprint density at radius 3 is 3.25 bits per heavy atom. The summed E-state index contributed by atoms with van der Waals surface area (Å²) >= 11 is 0. The van der Waals surface area contributed by atoms with Crippen molar-refractivity contribution in [1.29, 1.82) is 0 Å². The minimum absolute atomic E-state index is 0.0417. The van der Waals surface area contributed by atoms with Crippen molar-refractivity contribution in [3.8, 4) is 0 Å². The first kappa shape index (κ1) is 10.5. The summed E-state index contributed by atoms with van der Waals surface area (Å²) in [5.41, 5.74) is 8.95. The maximum Gasteiger partial charge on any atom is 0.304 e. The predicted molar refractivity (Wildman–Crippen MR) is 55.7 cm³/mol. The van der Waals surface area contributed by atoms with E-state index in [0.29, 0.717) is 25.5 Å². The summed E-state index contributed by atoms with van der Waals surface area (Å²) in [6, 6.07) is 0.325. The Labute approximate surface area is 91.7 Å². The quantitative estimate of drug-likeness (QED) is 0.441. The normalized spacial score (nSPS) is 19.9. The third-order valence-electron chi connectivity index (χ3n) is 2.45. The molecule has 1 saturated heterocycles. The molecule has 0 radical (unpaired) electrons. The highest BCUT2D eigenvalue weighted by molar-refractivity contribution is 5.93. The summed E-state index contributed by atoms with van der Waals surface area (Å²) in [4.78, 5) is 19.9. The van der Waals surface area contributed by atoms with Crippen LogP contribution in [0.1, 0.15) is 12.1 Å². The number of nitrogens with zero attached hydrogens (tertiary/aromatic N) is 5. The molecular formula is C9H11N5O2. The molecule has 1 aliphatic heterocycles. The highest BCUT2D eigenvalue weighted by Gasteiger charge is 2.32. The number of carbonyl (C=O) groups is 1. The molecule has 1 aliphatic rings. The van der Waals surface area contributed by atoms with E-state index in [0.717, 1.165) is 5.69 Å². The molecule has 0 saturated carbocycles. The zero-order chi connectivity index (χ0) is 11.5. The molecule has 1 fully saturated rings. The molecule has 2 rings (SSSR count). The Morgan fingerprint density at radius 2 is 2.62 bits per heavy atom. The Kier molecular flexibility index (Phi) is 2.78. The van der Waals surface area contributed by atoms with Crippen LogP contribution in [-0.4, -0.2) is 24.0 Å². The number of anilines is 1. The highest BCUT2D eigenvalue weighted by atomic mass is 16.4. The van der Waals surface area contributed by atoms with Crippen molar-refractivity contribution in [2.75, 3.05) is 18.0 Å². The molecule has 1 aromatic heterocycles. The van der Waals surface area contributed by atoms with Crippen molar-refractivity contribution in [1.82, 2.24) is 4.98 Å². The zero-order valence-electron chi connectivity index (χ0n) is 8.83. The van der Waals surface area contributed by atoms with Crippen LogP contribution in [0.25, 0.3) is 10.4 Å². The van der Waals surface area contributed by atoms with Crippen LogP contribution in [0.2, 0.25) is 0 Å². The van der Waals surface area contributed by atoms with Gasteiger partial charge in [0.15, 0.2) is 0 Å². The average molecular weight is 221 g/mol. The van der Waals surface area contributed by atoms with Crippen LogP contribution in [0.15, 0.2) is 15.8 Å². The molecule has 84 valence electrons. The number of hydrogen-bond acceptors (Lipinski definition) is 4. The number of aromatic nitrogens is 1. The Balaban J connectivity index is 2.07. The van der Waals surface area contributed by atoms with E-state index in [2.05, 4.69) is 15.0 Å². The Morgan fingerprint density at radius 1 is 1.81 bits per heavy atom. The van der Waals surface area contributed by atoms with Gasteiger partial charge in [-0.3, -0.25) is 9.69 Å². The fourth-order valence-electron chi connectivity index (χ4n) is 1.71. The molecule has 0 spiro atoms. The van der Waals surface area contributed by atoms with Gasteiger partial charge in [0.1, 0.15) is 6.26 Å². The zero-order valence-corrected chi connectivity index (χ0v) is 8.83. The van der Waals surface area contributed by atoms with Gasteiger partial charge in [-0.05, 0) is 18.4 Å². The highest BCUT2D eigenvalue weighted by Crippen LogP contribution is 2.24. The van der Waals surface area contributed by atoms with Crippen molar-refractivity contribution < 1.29 is 9.21 Å². The van der Waals surface area contributed by atoms with E-state index in [1.165, 1.54) is 11.2 Å². The van der Waals surface area contributed by atoms with E-state index in [4.69, 9.17) is 9.95 Å². The summed E-state index contributed by atoms with van der Waals surface area (Å²) in [6.45, 7) is 2.63. The van der Waals surface area contributed by atoms with Gasteiger partial charge in [-0.25, -0.2) is 0 Å². The van der Waals surface area contributed by atoms with Crippen molar-refractivity contribution >= 4 is 11.9 Å². The molecule has 1 amide bonds. The van der Waals surface area contributed by atoms with Crippen LogP contribution < -0.4 is 4.90 Å². The van der Waals surface area contributed by atoms with Gasteiger partial charge in [0.2, 0.25) is 5.91 Å². The number of amides is 1. The molecule has 1 aromatic rings. The summed E-state index contributed by atoms with van der Waals surface area (Å²) in [6.07, 6.45) is 1.88. The minimum Gasteiger partial charge on any atom is -0.431 e. The third-order valence-corrected chi connectivity index (χ3v) is 2.45. The van der Waals surface area contributed by atoms with Crippen molar-refractivity contribution in [2.45, 2.75) is 13.3 Å². The third kappa shape index (κ3) is 1.99. The van der Waals surface area contributed by atoms with Gasteiger partial charge in [-0.1, -0.05) is 5.11 Å². The monoisotopic (exact) mass is 221 g/mol. The second kappa shape index (κ2) is 4.24. The van der Waals surface area contributed by atoms with E-state index in [1.807, 2.05) is 0 Å². The van der Waals surface area contributed by atoms with E-state index in [9.17, 15) is 4.79 Å². The maximum absolute atomic E-state index is 11.6. The maximum atomic E-state index is 11.6. The Hall–Kier alpha value is -2.01. The molecule has 7 nitrogen and oxygen atoms in total. The molecule has 1 unspecified atom stereocenters. The van der Waals surface area contributed by atoms with Crippen molar-refractivity contribution in [2.24, 2.45) is 11.0 Å². The first-order valence-corrected chi connectivity index (χ1v) is 4.94. The van der Waals surface area contributed by atoms with Gasteiger partial charge >= 0.3 is 6.01 Å². The van der Waals surface area contributed by atoms with Gasteiger partial charge in [0.05, 0.1) is 5.69 Å². The van der Waals surface area contributed by atoms with Crippen LogP contribution >= 0.6 is 0 Å². The molecule has 0 bridgehead atoms. The van der Waals surface area contributed by atoms with Gasteiger partial charge in [0, 0.05) is 24.4 Å². The average Bonchev–Trinajstić information content (AvgIpc) is 2.82. The SMILES string of the molecule is Cc1coc(N2CC(CN=[N+]=[N-])CC2=O)n1. The lowest BCUT2D eigenvalue weighted by Gasteiger charge is -2.10. The number of hydrogen-bond donors (Lipinski definition) is 0. The predicted octanol–water partition coefficient (Wildman–Crippen LogP) is 1.65. The molecule has 0 aliphatic carbocycles. The van der Waals surface area contributed by atoms with Gasteiger partial charge in [-0.15, -0.1) is 0 Å². The molecule has 16 heavy (non-hydrogen) atoms. The second-order valence-electron chi connectivity index (χ2n) is 3.76. The smallest absolute Gasteiger partial charge is 0.304 e. The standard InChI is InChI=1S/C9H11N5O2/c1-6-5-16-9(12-6)14-4-7(2-8(14)15)3-11-13-10/h5,7H,2-4H2,1H3. The lowest BCUT2D eigenvalue weighted by molar-refractivity contribution is -0.117. The molecule has 0 N–H and O–H groups in total. The number of azide groups is 1. The van der Waals surface area contributed by atoms with Gasteiger partial charge < -0.3 is 4.42 Å². The number of oxazole rings is 1. The summed E-state index contributed by atoms with van der Waals surface area (Å²) in [5, 5.41) is 3.47. The fraction of sp³-hybridized carbons (Fsp3) is 0.556. The summed E-state index contributed by atoms with van der Waals surface area (Å²) in [7, 11) is 0. The van der Waals surface area contributed by atoms with Crippen LogP contribution in [-0.2, 0) is 4.79 Å². The number of aryl methyl sites for hydroxylation is 1. The topological polar surface area (TPSA) is 95.1 Å². The minimum atomic E-state index is -0.0417. The van der Waals surface area contributed by atoms with Gasteiger partial charge in [-0.2, -0.15) is 4.98 Å². The fourth-order valence-corrected chi connectivity index (χ4v) is 1.71. The second-order valence-corrected chi connectivity index (χ2v) is 3.76. The molecular weight excluding hydrogens is 210 g/mol. The van der Waals surface area contributed by atoms with Crippen LogP contribution in [0.5, 0.6) is 0 Å².